The first-order chi connectivity index (χ1) is 9.10. The molecule has 5 heteroatoms. The molecule has 106 valence electrons. The van der Waals surface area contributed by atoms with Crippen molar-refractivity contribution in [3.63, 3.8) is 0 Å². The maximum atomic E-state index is 13.7. The van der Waals surface area contributed by atoms with Crippen molar-refractivity contribution >= 4 is 11.4 Å². The van der Waals surface area contributed by atoms with Crippen molar-refractivity contribution in [1.82, 2.24) is 4.90 Å². The van der Waals surface area contributed by atoms with E-state index in [9.17, 15) is 8.78 Å². The predicted octanol–water partition coefficient (Wildman–Crippen LogP) is 2.83. The third kappa shape index (κ3) is 3.56. The number of nitrogens with two attached hydrogens (primary N) is 1. The van der Waals surface area contributed by atoms with Crippen LogP contribution in [-0.2, 0) is 0 Å². The van der Waals surface area contributed by atoms with Gasteiger partial charge in [0.25, 0.3) is 0 Å². The molecule has 19 heavy (non-hydrogen) atoms. The Morgan fingerprint density at radius 1 is 1.26 bits per heavy atom. The Hall–Kier alpha value is -1.36. The Labute approximate surface area is 112 Å². The zero-order valence-corrected chi connectivity index (χ0v) is 11.3. The van der Waals surface area contributed by atoms with E-state index < -0.39 is 11.6 Å². The van der Waals surface area contributed by atoms with Crippen molar-refractivity contribution in [2.24, 2.45) is 0 Å². The zero-order valence-electron chi connectivity index (χ0n) is 11.3. The van der Waals surface area contributed by atoms with Gasteiger partial charge in [-0.3, -0.25) is 0 Å². The lowest BCUT2D eigenvalue weighted by Crippen LogP contribution is -2.39. The molecule has 0 atom stereocenters. The smallest absolute Gasteiger partial charge is 0.151 e. The maximum Gasteiger partial charge on any atom is 0.151 e. The van der Waals surface area contributed by atoms with Gasteiger partial charge in [-0.15, -0.1) is 0 Å². The van der Waals surface area contributed by atoms with E-state index in [4.69, 9.17) is 5.73 Å². The first-order valence-corrected chi connectivity index (χ1v) is 6.83. The van der Waals surface area contributed by atoms with Crippen molar-refractivity contribution in [1.29, 1.82) is 0 Å². The number of nitrogen functional groups attached to an aromatic ring is 1. The van der Waals surface area contributed by atoms with Gasteiger partial charge in [-0.2, -0.15) is 0 Å². The summed E-state index contributed by atoms with van der Waals surface area (Å²) >= 11 is 0. The van der Waals surface area contributed by atoms with Crippen LogP contribution in [0, 0.1) is 11.6 Å². The van der Waals surface area contributed by atoms with Gasteiger partial charge in [-0.1, -0.05) is 6.92 Å². The fraction of sp³-hybridized carbons (Fsp3) is 0.571. The largest absolute Gasteiger partial charge is 0.399 e. The minimum atomic E-state index is -0.617. The molecule has 1 saturated heterocycles. The van der Waals surface area contributed by atoms with E-state index >= 15 is 0 Å². The van der Waals surface area contributed by atoms with Crippen LogP contribution in [0.3, 0.4) is 0 Å². The monoisotopic (exact) mass is 269 g/mol. The molecule has 1 fully saturated rings. The second kappa shape index (κ2) is 6.19. The molecule has 1 aromatic carbocycles. The number of halogens is 2. The minimum absolute atomic E-state index is 0.0526. The van der Waals surface area contributed by atoms with Gasteiger partial charge in [-0.25, -0.2) is 8.78 Å². The van der Waals surface area contributed by atoms with E-state index in [0.717, 1.165) is 51.0 Å². The molecule has 1 aliphatic rings. The lowest BCUT2D eigenvalue weighted by Gasteiger charge is -2.32. The van der Waals surface area contributed by atoms with Gasteiger partial charge in [0.1, 0.15) is 5.69 Å². The number of anilines is 2. The van der Waals surface area contributed by atoms with Crippen LogP contribution >= 0.6 is 0 Å². The van der Waals surface area contributed by atoms with Gasteiger partial charge in [0.15, 0.2) is 11.6 Å². The summed E-state index contributed by atoms with van der Waals surface area (Å²) in [5, 5.41) is 2.98. The topological polar surface area (TPSA) is 41.3 Å². The van der Waals surface area contributed by atoms with Crippen LogP contribution in [0.4, 0.5) is 20.2 Å². The molecule has 0 spiro atoms. The number of hydrogen-bond acceptors (Lipinski definition) is 3. The van der Waals surface area contributed by atoms with Crippen LogP contribution in [0.2, 0.25) is 0 Å². The fourth-order valence-electron chi connectivity index (χ4n) is 2.55. The zero-order chi connectivity index (χ0) is 13.8. The highest BCUT2D eigenvalue weighted by atomic mass is 19.1. The van der Waals surface area contributed by atoms with Gasteiger partial charge >= 0.3 is 0 Å². The SMILES string of the molecule is CCCN1CCC(Nc2c(F)cc(N)cc2F)CC1. The normalized spacial score (nSPS) is 17.6. The molecule has 3 nitrogen and oxygen atoms in total. The fourth-order valence-corrected chi connectivity index (χ4v) is 2.55. The molecule has 0 unspecified atom stereocenters. The molecular formula is C14H21F2N3. The molecule has 3 N–H and O–H groups in total. The summed E-state index contributed by atoms with van der Waals surface area (Å²) < 4.78 is 27.3. The van der Waals surface area contributed by atoms with Gasteiger partial charge < -0.3 is 16.0 Å². The molecule has 0 aliphatic carbocycles. The highest BCUT2D eigenvalue weighted by Crippen LogP contribution is 2.24. The second-order valence-corrected chi connectivity index (χ2v) is 5.12. The van der Waals surface area contributed by atoms with Crippen molar-refractivity contribution in [3.8, 4) is 0 Å². The van der Waals surface area contributed by atoms with Crippen molar-refractivity contribution < 1.29 is 8.78 Å². The summed E-state index contributed by atoms with van der Waals surface area (Å²) in [6, 6.07) is 2.43. The Bertz CT molecular complexity index is 406. The van der Waals surface area contributed by atoms with Gasteiger partial charge in [0, 0.05) is 24.8 Å². The third-order valence-corrected chi connectivity index (χ3v) is 3.54. The van der Waals surface area contributed by atoms with Crippen LogP contribution in [0.1, 0.15) is 26.2 Å². The summed E-state index contributed by atoms with van der Waals surface area (Å²) in [4.78, 5) is 2.38. The van der Waals surface area contributed by atoms with E-state index in [-0.39, 0.29) is 17.4 Å². The average Bonchev–Trinajstić information content (AvgIpc) is 2.36. The van der Waals surface area contributed by atoms with Crippen molar-refractivity contribution in [3.05, 3.63) is 23.8 Å². The van der Waals surface area contributed by atoms with E-state index in [1.165, 1.54) is 0 Å². The Kier molecular flexibility index (Phi) is 4.58. The lowest BCUT2D eigenvalue weighted by atomic mass is 10.0. The third-order valence-electron chi connectivity index (χ3n) is 3.54. The molecule has 1 aliphatic heterocycles. The molecule has 0 amide bonds. The number of nitrogens with zero attached hydrogens (tertiary/aromatic N) is 1. The minimum Gasteiger partial charge on any atom is -0.399 e. The molecule has 0 saturated carbocycles. The molecule has 0 bridgehead atoms. The Morgan fingerprint density at radius 3 is 2.37 bits per heavy atom. The number of nitrogens with one attached hydrogen (secondary N) is 1. The van der Waals surface area contributed by atoms with E-state index in [0.29, 0.717) is 0 Å². The van der Waals surface area contributed by atoms with Crippen LogP contribution in [0.25, 0.3) is 0 Å². The number of likely N-dealkylation sites (tertiary alicyclic amines) is 1. The first-order valence-electron chi connectivity index (χ1n) is 6.83. The molecule has 0 aromatic heterocycles. The van der Waals surface area contributed by atoms with Crippen LogP contribution in [-0.4, -0.2) is 30.6 Å². The standard InChI is InChI=1S/C14H21F2N3/c1-2-5-19-6-3-11(4-7-19)18-14-12(15)8-10(17)9-13(14)16/h8-9,11,18H,2-7,17H2,1H3. The lowest BCUT2D eigenvalue weighted by molar-refractivity contribution is 0.219. The second-order valence-electron chi connectivity index (χ2n) is 5.12. The summed E-state index contributed by atoms with van der Waals surface area (Å²) in [7, 11) is 0. The molecule has 0 radical (unpaired) electrons. The highest BCUT2D eigenvalue weighted by molar-refractivity contribution is 5.54. The van der Waals surface area contributed by atoms with Crippen LogP contribution in [0.5, 0.6) is 0 Å². The molecule has 1 heterocycles. The van der Waals surface area contributed by atoms with Crippen molar-refractivity contribution in [2.45, 2.75) is 32.2 Å². The summed E-state index contributed by atoms with van der Waals surface area (Å²) in [5.41, 5.74) is 5.46. The van der Waals surface area contributed by atoms with Crippen LogP contribution < -0.4 is 11.1 Å². The number of hydrogen-bond donors (Lipinski definition) is 2. The highest BCUT2D eigenvalue weighted by Gasteiger charge is 2.21. The van der Waals surface area contributed by atoms with E-state index in [1.807, 2.05) is 0 Å². The van der Waals surface area contributed by atoms with Crippen molar-refractivity contribution in [2.75, 3.05) is 30.7 Å². The number of rotatable bonds is 4. The first kappa shape index (κ1) is 14.1. The quantitative estimate of drug-likeness (QED) is 0.826. The molecular weight excluding hydrogens is 248 g/mol. The summed E-state index contributed by atoms with van der Waals surface area (Å²) in [6.45, 7) is 5.20. The Balaban J connectivity index is 1.96. The summed E-state index contributed by atoms with van der Waals surface area (Å²) in [5.74, 6) is -1.23. The van der Waals surface area contributed by atoms with Crippen LogP contribution in [0.15, 0.2) is 12.1 Å². The van der Waals surface area contributed by atoms with E-state index in [2.05, 4.69) is 17.1 Å². The summed E-state index contributed by atoms with van der Waals surface area (Å²) in [6.07, 6.45) is 2.95. The maximum absolute atomic E-state index is 13.7. The van der Waals surface area contributed by atoms with E-state index in [1.54, 1.807) is 0 Å². The molecule has 2 rings (SSSR count). The number of benzene rings is 1. The van der Waals surface area contributed by atoms with Gasteiger partial charge in [0.05, 0.1) is 0 Å². The Morgan fingerprint density at radius 2 is 1.84 bits per heavy atom. The number of piperidine rings is 1. The average molecular weight is 269 g/mol. The molecule has 1 aromatic rings. The predicted molar refractivity (Wildman–Crippen MR) is 74.1 cm³/mol. The van der Waals surface area contributed by atoms with Gasteiger partial charge in [0.2, 0.25) is 0 Å². The van der Waals surface area contributed by atoms with Gasteiger partial charge in [-0.05, 0) is 37.9 Å².